The van der Waals surface area contributed by atoms with Crippen LogP contribution in [0.4, 0.5) is 4.39 Å². The van der Waals surface area contributed by atoms with Crippen LogP contribution in [0.15, 0.2) is 36.4 Å². The molecule has 0 fully saturated rings. The highest BCUT2D eigenvalue weighted by Crippen LogP contribution is 2.33. The fourth-order valence-corrected chi connectivity index (χ4v) is 2.56. The smallest absolute Gasteiger partial charge is 0.131 e. The lowest BCUT2D eigenvalue weighted by atomic mass is 9.84. The molecule has 2 nitrogen and oxygen atoms in total. The van der Waals surface area contributed by atoms with Crippen molar-refractivity contribution in [1.29, 1.82) is 0 Å². The van der Waals surface area contributed by atoms with Gasteiger partial charge in [-0.3, -0.25) is 0 Å². The first-order valence-electron chi connectivity index (χ1n) is 7.40. The lowest BCUT2D eigenvalue weighted by molar-refractivity contribution is 0.281. The van der Waals surface area contributed by atoms with E-state index in [-0.39, 0.29) is 17.8 Å². The van der Waals surface area contributed by atoms with Crippen LogP contribution >= 0.6 is 0 Å². The fraction of sp³-hybridized carbons (Fsp3) is 0.368. The topological polar surface area (TPSA) is 29.5 Å². The minimum atomic E-state index is -0.271. The molecule has 3 heteroatoms. The zero-order valence-electron chi connectivity index (χ0n) is 13.6. The van der Waals surface area contributed by atoms with Crippen LogP contribution in [0.25, 0.3) is 11.1 Å². The van der Waals surface area contributed by atoms with Gasteiger partial charge in [0.15, 0.2) is 0 Å². The average molecular weight is 302 g/mol. The number of aliphatic hydroxyl groups is 1. The first-order chi connectivity index (χ1) is 10.3. The number of methoxy groups -OCH3 is 1. The van der Waals surface area contributed by atoms with Gasteiger partial charge in [-0.2, -0.15) is 0 Å². The van der Waals surface area contributed by atoms with E-state index >= 15 is 0 Å². The average Bonchev–Trinajstić information content (AvgIpc) is 2.46. The van der Waals surface area contributed by atoms with Crippen molar-refractivity contribution in [3.05, 3.63) is 53.3 Å². The summed E-state index contributed by atoms with van der Waals surface area (Å²) < 4.78 is 19.5. The molecule has 0 heterocycles. The second kappa shape index (κ2) is 6.49. The summed E-state index contributed by atoms with van der Waals surface area (Å²) in [6, 6.07) is 10.4. The Labute approximate surface area is 131 Å². The second-order valence-corrected chi connectivity index (χ2v) is 6.73. The molecule has 0 aliphatic carbocycles. The predicted octanol–water partition coefficient (Wildman–Crippen LogP) is 4.58. The molecule has 2 aromatic rings. The van der Waals surface area contributed by atoms with Crippen molar-refractivity contribution in [2.75, 3.05) is 7.11 Å². The summed E-state index contributed by atoms with van der Waals surface area (Å²) >= 11 is 0. The van der Waals surface area contributed by atoms with Crippen molar-refractivity contribution < 1.29 is 14.2 Å². The first kappa shape index (κ1) is 16.5. The lowest BCUT2D eigenvalue weighted by Crippen LogP contribution is -2.10. The van der Waals surface area contributed by atoms with E-state index in [4.69, 9.17) is 4.74 Å². The van der Waals surface area contributed by atoms with E-state index in [9.17, 15) is 9.50 Å². The van der Waals surface area contributed by atoms with E-state index in [1.54, 1.807) is 19.2 Å². The van der Waals surface area contributed by atoms with Crippen LogP contribution in [-0.2, 0) is 13.0 Å². The van der Waals surface area contributed by atoms with Crippen molar-refractivity contribution in [3.63, 3.8) is 0 Å². The Morgan fingerprint density at radius 1 is 1.05 bits per heavy atom. The quantitative estimate of drug-likeness (QED) is 0.895. The summed E-state index contributed by atoms with van der Waals surface area (Å²) in [7, 11) is 1.57. The third kappa shape index (κ3) is 3.86. The molecule has 1 N–H and O–H groups in total. The van der Waals surface area contributed by atoms with Crippen molar-refractivity contribution in [3.8, 4) is 16.9 Å². The Morgan fingerprint density at radius 2 is 1.77 bits per heavy atom. The molecule has 0 bridgehead atoms. The molecular formula is C19H23FO2. The molecule has 2 rings (SSSR count). The van der Waals surface area contributed by atoms with Gasteiger partial charge in [0.2, 0.25) is 0 Å². The highest BCUT2D eigenvalue weighted by atomic mass is 19.1. The van der Waals surface area contributed by atoms with Gasteiger partial charge in [0, 0.05) is 5.56 Å². The van der Waals surface area contributed by atoms with E-state index in [1.807, 2.05) is 18.2 Å². The van der Waals surface area contributed by atoms with Gasteiger partial charge in [-0.15, -0.1) is 0 Å². The Morgan fingerprint density at radius 3 is 2.36 bits per heavy atom. The van der Waals surface area contributed by atoms with E-state index in [1.165, 1.54) is 6.07 Å². The summed E-state index contributed by atoms with van der Waals surface area (Å²) in [4.78, 5) is 0. The zero-order valence-corrected chi connectivity index (χ0v) is 13.6. The summed E-state index contributed by atoms with van der Waals surface area (Å²) in [6.07, 6.45) is 0.798. The Bertz CT molecular complexity index is 657. The number of aliphatic hydroxyl groups excluding tert-OH is 1. The number of hydrogen-bond donors (Lipinski definition) is 1. The molecule has 0 aliphatic heterocycles. The zero-order chi connectivity index (χ0) is 16.3. The van der Waals surface area contributed by atoms with Crippen LogP contribution < -0.4 is 4.74 Å². The molecule has 0 spiro atoms. The van der Waals surface area contributed by atoms with Gasteiger partial charge in [-0.05, 0) is 46.7 Å². The molecule has 0 atom stereocenters. The molecule has 0 aliphatic rings. The third-order valence-corrected chi connectivity index (χ3v) is 3.54. The molecule has 22 heavy (non-hydrogen) atoms. The van der Waals surface area contributed by atoms with Crippen molar-refractivity contribution in [1.82, 2.24) is 0 Å². The highest BCUT2D eigenvalue weighted by molar-refractivity contribution is 5.70. The number of ether oxygens (including phenoxy) is 1. The van der Waals surface area contributed by atoms with Crippen molar-refractivity contribution in [2.24, 2.45) is 5.41 Å². The molecular weight excluding hydrogens is 279 g/mol. The molecule has 0 saturated carbocycles. The Kier molecular flexibility index (Phi) is 4.87. The molecule has 118 valence electrons. The van der Waals surface area contributed by atoms with Crippen LogP contribution in [0, 0.1) is 11.2 Å². The second-order valence-electron chi connectivity index (χ2n) is 6.73. The number of halogens is 1. The number of hydrogen-bond acceptors (Lipinski definition) is 2. The summed E-state index contributed by atoms with van der Waals surface area (Å²) in [5, 5.41) is 9.36. The van der Waals surface area contributed by atoms with Gasteiger partial charge >= 0.3 is 0 Å². The maximum atomic E-state index is 14.3. The number of rotatable bonds is 4. The van der Waals surface area contributed by atoms with Gasteiger partial charge in [-0.25, -0.2) is 4.39 Å². The molecule has 0 unspecified atom stereocenters. The normalized spacial score (nSPS) is 11.5. The van der Waals surface area contributed by atoms with Crippen LogP contribution in [0.3, 0.4) is 0 Å². The summed E-state index contributed by atoms with van der Waals surface area (Å²) in [5.41, 5.74) is 3.32. The van der Waals surface area contributed by atoms with Crippen molar-refractivity contribution in [2.45, 2.75) is 33.8 Å². The van der Waals surface area contributed by atoms with E-state index in [0.717, 1.165) is 23.1 Å². The van der Waals surface area contributed by atoms with E-state index < -0.39 is 0 Å². The maximum Gasteiger partial charge on any atom is 0.131 e. The van der Waals surface area contributed by atoms with Crippen molar-refractivity contribution >= 4 is 0 Å². The Balaban J connectivity index is 2.59. The van der Waals surface area contributed by atoms with E-state index in [0.29, 0.717) is 11.3 Å². The summed E-state index contributed by atoms with van der Waals surface area (Å²) in [5.74, 6) is 0.358. The minimum absolute atomic E-state index is 0.0159. The van der Waals surface area contributed by atoms with Crippen LogP contribution in [0.1, 0.15) is 31.9 Å². The minimum Gasteiger partial charge on any atom is -0.497 e. The number of benzene rings is 2. The van der Waals surface area contributed by atoms with Gasteiger partial charge in [0.25, 0.3) is 0 Å². The van der Waals surface area contributed by atoms with Gasteiger partial charge < -0.3 is 9.84 Å². The highest BCUT2D eigenvalue weighted by Gasteiger charge is 2.17. The largest absolute Gasteiger partial charge is 0.497 e. The molecule has 0 radical (unpaired) electrons. The van der Waals surface area contributed by atoms with Gasteiger partial charge in [0.1, 0.15) is 11.6 Å². The first-order valence-corrected chi connectivity index (χ1v) is 7.40. The monoisotopic (exact) mass is 302 g/mol. The SMILES string of the molecule is COc1ccc(F)c(-c2ccc(CO)cc2CC(C)(C)C)c1. The fourth-order valence-electron chi connectivity index (χ4n) is 2.56. The molecule has 0 aromatic heterocycles. The summed E-state index contributed by atoms with van der Waals surface area (Å²) in [6.45, 7) is 6.41. The predicted molar refractivity (Wildman–Crippen MR) is 87.5 cm³/mol. The third-order valence-electron chi connectivity index (χ3n) is 3.54. The van der Waals surface area contributed by atoms with Crippen LogP contribution in [0.2, 0.25) is 0 Å². The Hall–Kier alpha value is -1.87. The molecule has 0 amide bonds. The van der Waals surface area contributed by atoms with Gasteiger partial charge in [-0.1, -0.05) is 39.0 Å². The van der Waals surface area contributed by atoms with Gasteiger partial charge in [0.05, 0.1) is 13.7 Å². The lowest BCUT2D eigenvalue weighted by Gasteiger charge is -2.21. The van der Waals surface area contributed by atoms with Crippen LogP contribution in [-0.4, -0.2) is 12.2 Å². The van der Waals surface area contributed by atoms with E-state index in [2.05, 4.69) is 20.8 Å². The standard InChI is InChI=1S/C19H23FO2/c1-19(2,3)11-14-9-13(12-21)5-7-16(14)17-10-15(22-4)6-8-18(17)20/h5-10,21H,11-12H2,1-4H3. The maximum absolute atomic E-state index is 14.3. The molecule has 2 aromatic carbocycles. The molecule has 0 saturated heterocycles. The van der Waals surface area contributed by atoms with Crippen LogP contribution in [0.5, 0.6) is 5.75 Å².